The number of Topliss-reactive ketones (excluding diaryl/α,β-unsaturated/α-hetero) is 1. The quantitative estimate of drug-likeness (QED) is 0.0841. The first-order chi connectivity index (χ1) is 26.4. The van der Waals surface area contributed by atoms with E-state index < -0.39 is 11.2 Å². The third kappa shape index (κ3) is 38.7. The molecule has 0 aromatic heterocycles. The lowest BCUT2D eigenvalue weighted by Crippen LogP contribution is -2.36. The van der Waals surface area contributed by atoms with E-state index in [4.69, 9.17) is 61.9 Å². The van der Waals surface area contributed by atoms with Crippen LogP contribution in [0.3, 0.4) is 0 Å². The Morgan fingerprint density at radius 2 is 0.778 bits per heavy atom. The molecule has 0 saturated heterocycles. The molecule has 0 rings (SSSR count). The van der Waals surface area contributed by atoms with Crippen LogP contribution in [0.5, 0.6) is 0 Å². The van der Waals surface area contributed by atoms with Gasteiger partial charge in [0.05, 0.1) is 170 Å². The predicted molar refractivity (Wildman–Crippen MR) is 201 cm³/mol. The Hall–Kier alpha value is -1.52. The molecule has 18 heteroatoms. The third-order valence-electron chi connectivity index (χ3n) is 7.23. The number of carboxylic acids is 1. The molecule has 0 saturated carbocycles. The van der Waals surface area contributed by atoms with Crippen molar-refractivity contribution in [3.8, 4) is 0 Å². The van der Waals surface area contributed by atoms with E-state index in [1.165, 1.54) is 11.8 Å². The van der Waals surface area contributed by atoms with Crippen LogP contribution in [0.1, 0.15) is 33.1 Å². The first-order valence-electron chi connectivity index (χ1n) is 18.9. The molecule has 0 radical (unpaired) electrons. The van der Waals surface area contributed by atoms with Gasteiger partial charge in [-0.3, -0.25) is 14.4 Å². The number of hydrogen-bond acceptors (Lipinski definition) is 16. The van der Waals surface area contributed by atoms with Gasteiger partial charge in [0.25, 0.3) is 0 Å². The number of carbonyl (C=O) groups is 3. The van der Waals surface area contributed by atoms with Crippen molar-refractivity contribution in [3.63, 3.8) is 0 Å². The summed E-state index contributed by atoms with van der Waals surface area (Å²) < 4.78 is 65.4. The maximum atomic E-state index is 11.9. The van der Waals surface area contributed by atoms with Gasteiger partial charge in [-0.15, -0.1) is 0 Å². The van der Waals surface area contributed by atoms with Crippen LogP contribution >= 0.6 is 11.8 Å². The lowest BCUT2D eigenvalue weighted by Gasteiger charge is -2.12. The highest BCUT2D eigenvalue weighted by atomic mass is 32.2. The number of rotatable bonds is 45. The Morgan fingerprint density at radius 3 is 1.04 bits per heavy atom. The van der Waals surface area contributed by atoms with Crippen LogP contribution < -0.4 is 5.32 Å². The van der Waals surface area contributed by atoms with Crippen molar-refractivity contribution in [1.29, 1.82) is 0 Å². The summed E-state index contributed by atoms with van der Waals surface area (Å²) >= 11 is 1.21. The van der Waals surface area contributed by atoms with Crippen molar-refractivity contribution < 1.29 is 76.3 Å². The second-order valence-electron chi connectivity index (χ2n) is 11.5. The molecule has 1 amide bonds. The highest BCUT2D eigenvalue weighted by Crippen LogP contribution is 2.10. The molecule has 54 heavy (non-hydrogen) atoms. The van der Waals surface area contributed by atoms with Crippen molar-refractivity contribution in [3.05, 3.63) is 0 Å². The maximum absolute atomic E-state index is 11.9. The molecule has 17 nitrogen and oxygen atoms in total. The highest BCUT2D eigenvalue weighted by molar-refractivity contribution is 7.99. The molecular formula is C36H69NO16S. The first-order valence-corrected chi connectivity index (χ1v) is 20.2. The smallest absolute Gasteiger partial charge is 0.305 e. The number of nitrogens with one attached hydrogen (secondary N) is 1. The summed E-state index contributed by atoms with van der Waals surface area (Å²) in [6.07, 6.45) is 2.81. The Balaban J connectivity index is 3.16. The van der Waals surface area contributed by atoms with Crippen LogP contribution in [0.2, 0.25) is 0 Å². The van der Waals surface area contributed by atoms with E-state index in [9.17, 15) is 14.4 Å². The summed E-state index contributed by atoms with van der Waals surface area (Å²) in [4.78, 5) is 34.4. The number of carbonyl (C=O) groups excluding carboxylic acids is 2. The van der Waals surface area contributed by atoms with E-state index in [0.29, 0.717) is 172 Å². The van der Waals surface area contributed by atoms with Gasteiger partial charge in [0, 0.05) is 18.9 Å². The standard InChI is InChI=1S/C36H69NO16S/c1-4-32(2)33(38)5-7-42-9-11-44-13-15-46-17-19-48-21-23-50-25-27-52-29-30-53-28-26-51-24-22-49-20-18-47-16-14-45-12-10-43-8-6-37-36(41)34(54-3)31-35(39)40/h32,34H,4-31H2,1-3H3,(H,37,41)(H,39,40). The fourth-order valence-electron chi connectivity index (χ4n) is 3.97. The van der Waals surface area contributed by atoms with E-state index in [1.807, 2.05) is 13.8 Å². The Bertz CT molecular complexity index is 847. The first kappa shape index (κ1) is 52.5. The summed E-state index contributed by atoms with van der Waals surface area (Å²) in [5, 5.41) is 10.9. The third-order valence-corrected chi connectivity index (χ3v) is 8.18. The van der Waals surface area contributed by atoms with E-state index >= 15 is 0 Å². The fourth-order valence-corrected chi connectivity index (χ4v) is 4.58. The van der Waals surface area contributed by atoms with Crippen molar-refractivity contribution >= 4 is 29.4 Å². The number of ketones is 1. The zero-order valence-electron chi connectivity index (χ0n) is 32.9. The summed E-state index contributed by atoms with van der Waals surface area (Å²) in [5.74, 6) is -0.959. The van der Waals surface area contributed by atoms with Crippen LogP contribution in [0.4, 0.5) is 0 Å². The monoisotopic (exact) mass is 803 g/mol. The zero-order chi connectivity index (χ0) is 39.6. The molecule has 0 spiro atoms. The summed E-state index contributed by atoms with van der Waals surface area (Å²) in [5.41, 5.74) is 0. The van der Waals surface area contributed by atoms with E-state index in [2.05, 4.69) is 5.32 Å². The predicted octanol–water partition coefficient (Wildman–Crippen LogP) is 1.51. The molecule has 0 aromatic rings. The average molecular weight is 804 g/mol. The Labute approximate surface area is 326 Å². The van der Waals surface area contributed by atoms with Crippen molar-refractivity contribution in [1.82, 2.24) is 5.32 Å². The number of amides is 1. The van der Waals surface area contributed by atoms with Gasteiger partial charge in [-0.05, 0) is 12.7 Å². The number of thioether (sulfide) groups is 1. The minimum atomic E-state index is -1.00. The molecule has 0 aromatic carbocycles. The second kappa shape index (κ2) is 42.6. The maximum Gasteiger partial charge on any atom is 0.305 e. The normalized spacial score (nSPS) is 12.6. The molecule has 0 fully saturated rings. The molecule has 320 valence electrons. The van der Waals surface area contributed by atoms with E-state index in [1.54, 1.807) is 6.26 Å². The van der Waals surface area contributed by atoms with Gasteiger partial charge in [-0.2, -0.15) is 11.8 Å². The van der Waals surface area contributed by atoms with Crippen LogP contribution in [0, 0.1) is 5.92 Å². The van der Waals surface area contributed by atoms with Gasteiger partial charge >= 0.3 is 5.97 Å². The zero-order valence-corrected chi connectivity index (χ0v) is 33.7. The van der Waals surface area contributed by atoms with Crippen LogP contribution in [-0.4, -0.2) is 199 Å². The van der Waals surface area contributed by atoms with Crippen molar-refractivity contribution in [2.75, 3.05) is 171 Å². The van der Waals surface area contributed by atoms with E-state index in [0.717, 1.165) is 6.42 Å². The van der Waals surface area contributed by atoms with Crippen molar-refractivity contribution in [2.24, 2.45) is 5.92 Å². The Kier molecular flexibility index (Phi) is 41.4. The average Bonchev–Trinajstić information content (AvgIpc) is 3.17. The van der Waals surface area contributed by atoms with Gasteiger partial charge < -0.3 is 67.3 Å². The van der Waals surface area contributed by atoms with Crippen LogP contribution in [0.25, 0.3) is 0 Å². The molecule has 2 unspecified atom stereocenters. The molecule has 0 heterocycles. The summed E-state index contributed by atoms with van der Waals surface area (Å²) in [7, 11) is 0. The largest absolute Gasteiger partial charge is 0.481 e. The topological polar surface area (TPSA) is 194 Å². The Morgan fingerprint density at radius 1 is 0.500 bits per heavy atom. The summed E-state index contributed by atoms with van der Waals surface area (Å²) in [6.45, 7) is 15.3. The molecule has 2 N–H and O–H groups in total. The molecule has 2 atom stereocenters. The van der Waals surface area contributed by atoms with Crippen LogP contribution in [0.15, 0.2) is 0 Å². The molecule has 0 bridgehead atoms. The molecule has 0 aliphatic rings. The van der Waals surface area contributed by atoms with Gasteiger partial charge in [0.15, 0.2) is 0 Å². The van der Waals surface area contributed by atoms with Gasteiger partial charge in [0.1, 0.15) is 5.78 Å². The van der Waals surface area contributed by atoms with Gasteiger partial charge in [-0.1, -0.05) is 13.8 Å². The van der Waals surface area contributed by atoms with Crippen LogP contribution in [-0.2, 0) is 71.2 Å². The number of aliphatic carboxylic acids is 1. The minimum Gasteiger partial charge on any atom is -0.481 e. The molecule has 0 aliphatic heterocycles. The van der Waals surface area contributed by atoms with Gasteiger partial charge in [0.2, 0.25) is 5.91 Å². The number of ether oxygens (including phenoxy) is 12. The summed E-state index contributed by atoms with van der Waals surface area (Å²) in [6, 6.07) is 0. The minimum absolute atomic E-state index is 0.103. The lowest BCUT2D eigenvalue weighted by atomic mass is 10.0. The molecular weight excluding hydrogens is 734 g/mol. The fraction of sp³-hybridized carbons (Fsp3) is 0.917. The van der Waals surface area contributed by atoms with E-state index in [-0.39, 0.29) is 24.0 Å². The lowest BCUT2D eigenvalue weighted by molar-refractivity contribution is -0.138. The SMILES string of the molecule is CCC(C)C(=O)CCOCCOCCOCCOCCOCCOCCOCCOCCOCCOCCOCCOCCNC(=O)C(CC(=O)O)SC. The molecule has 0 aliphatic carbocycles. The van der Waals surface area contributed by atoms with Gasteiger partial charge in [-0.25, -0.2) is 0 Å². The van der Waals surface area contributed by atoms with Crippen molar-refractivity contribution in [2.45, 2.75) is 38.4 Å². The highest BCUT2D eigenvalue weighted by Gasteiger charge is 2.19. The number of hydrogen-bond donors (Lipinski definition) is 2. The number of carboxylic acid groups (broad SMARTS) is 1. The second-order valence-corrected chi connectivity index (χ2v) is 12.5.